The molecule has 0 atom stereocenters. The normalized spacial score (nSPS) is 11.0. The lowest BCUT2D eigenvalue weighted by Crippen LogP contribution is -2.25. The van der Waals surface area contributed by atoms with Gasteiger partial charge in [0.15, 0.2) is 0 Å². The van der Waals surface area contributed by atoms with Crippen LogP contribution in [0.5, 0.6) is 0 Å². The molecule has 0 aliphatic carbocycles. The first-order valence-corrected chi connectivity index (χ1v) is 8.53. The van der Waals surface area contributed by atoms with E-state index in [0.717, 1.165) is 24.4 Å². The summed E-state index contributed by atoms with van der Waals surface area (Å²) in [5, 5.41) is 7.84. The van der Waals surface area contributed by atoms with Gasteiger partial charge in [0, 0.05) is 24.8 Å². The van der Waals surface area contributed by atoms with Crippen LogP contribution in [-0.4, -0.2) is 35.4 Å². The molecule has 2 rings (SSSR count). The number of nitrogens with zero attached hydrogens (tertiary/aromatic N) is 2. The van der Waals surface area contributed by atoms with Crippen molar-refractivity contribution in [1.82, 2.24) is 15.1 Å². The topological polar surface area (TPSA) is 56.1 Å². The highest BCUT2D eigenvalue weighted by atomic mass is 35.5. The number of amides is 1. The van der Waals surface area contributed by atoms with Gasteiger partial charge in [-0.25, -0.2) is 4.68 Å². The van der Waals surface area contributed by atoms with Crippen molar-refractivity contribution in [2.75, 3.05) is 19.8 Å². The van der Waals surface area contributed by atoms with Gasteiger partial charge in [0.05, 0.1) is 23.1 Å². The third-order valence-electron chi connectivity index (χ3n) is 3.51. The number of rotatable bonds is 8. The zero-order chi connectivity index (χ0) is 17.5. The molecule has 130 valence electrons. The van der Waals surface area contributed by atoms with Crippen LogP contribution >= 0.6 is 11.6 Å². The summed E-state index contributed by atoms with van der Waals surface area (Å²) in [4.78, 5) is 12.3. The van der Waals surface area contributed by atoms with E-state index < -0.39 is 0 Å². The predicted molar refractivity (Wildman–Crippen MR) is 95.9 cm³/mol. The SMILES string of the molecule is Cc1c(C(=O)NCCCOCC(C)C)cnn1-c1cccc(Cl)c1. The maximum absolute atomic E-state index is 12.3. The van der Waals surface area contributed by atoms with Gasteiger partial charge in [-0.15, -0.1) is 0 Å². The van der Waals surface area contributed by atoms with Crippen molar-refractivity contribution in [2.45, 2.75) is 27.2 Å². The number of hydrogen-bond donors (Lipinski definition) is 1. The van der Waals surface area contributed by atoms with Crippen LogP contribution in [0.15, 0.2) is 30.5 Å². The van der Waals surface area contributed by atoms with Crippen molar-refractivity contribution in [3.05, 3.63) is 46.7 Å². The van der Waals surface area contributed by atoms with Crippen molar-refractivity contribution < 1.29 is 9.53 Å². The van der Waals surface area contributed by atoms with Gasteiger partial charge in [0.25, 0.3) is 5.91 Å². The second kappa shape index (κ2) is 8.85. The van der Waals surface area contributed by atoms with Crippen molar-refractivity contribution in [2.24, 2.45) is 5.92 Å². The van der Waals surface area contributed by atoms with Crippen molar-refractivity contribution in [3.8, 4) is 5.69 Å². The quantitative estimate of drug-likeness (QED) is 0.740. The lowest BCUT2D eigenvalue weighted by Gasteiger charge is -2.08. The van der Waals surface area contributed by atoms with E-state index >= 15 is 0 Å². The Morgan fingerprint density at radius 2 is 2.21 bits per heavy atom. The van der Waals surface area contributed by atoms with Crippen LogP contribution in [0.3, 0.4) is 0 Å². The zero-order valence-corrected chi connectivity index (χ0v) is 15.1. The lowest BCUT2D eigenvalue weighted by molar-refractivity contribution is 0.0924. The summed E-state index contributed by atoms with van der Waals surface area (Å²) in [5.41, 5.74) is 2.19. The van der Waals surface area contributed by atoms with Gasteiger partial charge in [0.1, 0.15) is 0 Å². The van der Waals surface area contributed by atoms with Crippen LogP contribution in [0.25, 0.3) is 5.69 Å². The van der Waals surface area contributed by atoms with E-state index in [9.17, 15) is 4.79 Å². The number of nitrogens with one attached hydrogen (secondary N) is 1. The molecule has 24 heavy (non-hydrogen) atoms. The van der Waals surface area contributed by atoms with Gasteiger partial charge in [-0.05, 0) is 37.5 Å². The van der Waals surface area contributed by atoms with Gasteiger partial charge in [-0.3, -0.25) is 4.79 Å². The highest BCUT2D eigenvalue weighted by molar-refractivity contribution is 6.30. The molecule has 1 aromatic heterocycles. The Labute approximate surface area is 148 Å². The van der Waals surface area contributed by atoms with E-state index in [1.165, 1.54) is 0 Å². The van der Waals surface area contributed by atoms with Crippen molar-refractivity contribution >= 4 is 17.5 Å². The number of ether oxygens (including phenoxy) is 1. The molecule has 0 spiro atoms. The molecule has 1 N–H and O–H groups in total. The van der Waals surface area contributed by atoms with E-state index in [-0.39, 0.29) is 5.91 Å². The van der Waals surface area contributed by atoms with Gasteiger partial charge in [-0.2, -0.15) is 5.10 Å². The van der Waals surface area contributed by atoms with E-state index in [4.69, 9.17) is 16.3 Å². The molecule has 0 saturated carbocycles. The van der Waals surface area contributed by atoms with Crippen molar-refractivity contribution in [1.29, 1.82) is 0 Å². The third-order valence-corrected chi connectivity index (χ3v) is 3.74. The molecular weight excluding hydrogens is 326 g/mol. The second-order valence-electron chi connectivity index (χ2n) is 6.11. The van der Waals surface area contributed by atoms with Gasteiger partial charge in [-0.1, -0.05) is 31.5 Å². The average molecular weight is 350 g/mol. The van der Waals surface area contributed by atoms with Crippen LogP contribution in [-0.2, 0) is 4.74 Å². The fourth-order valence-electron chi connectivity index (χ4n) is 2.29. The number of halogens is 1. The highest BCUT2D eigenvalue weighted by Crippen LogP contribution is 2.17. The monoisotopic (exact) mass is 349 g/mol. The minimum atomic E-state index is -0.121. The molecule has 5 nitrogen and oxygen atoms in total. The number of carbonyl (C=O) groups is 1. The third kappa shape index (κ3) is 5.08. The molecule has 1 amide bonds. The van der Waals surface area contributed by atoms with Gasteiger partial charge in [0.2, 0.25) is 0 Å². The number of carbonyl (C=O) groups excluding carboxylic acids is 1. The minimum absolute atomic E-state index is 0.121. The van der Waals surface area contributed by atoms with Gasteiger partial charge < -0.3 is 10.1 Å². The van der Waals surface area contributed by atoms with E-state index in [1.54, 1.807) is 16.9 Å². The lowest BCUT2D eigenvalue weighted by atomic mass is 10.2. The molecule has 6 heteroatoms. The highest BCUT2D eigenvalue weighted by Gasteiger charge is 2.14. The first-order chi connectivity index (χ1) is 11.5. The van der Waals surface area contributed by atoms with E-state index in [1.807, 2.05) is 25.1 Å². The molecule has 0 bridgehead atoms. The maximum atomic E-state index is 12.3. The summed E-state index contributed by atoms with van der Waals surface area (Å²) in [7, 11) is 0. The van der Waals surface area contributed by atoms with Crippen LogP contribution in [0.1, 0.15) is 36.3 Å². The molecular formula is C18H24ClN3O2. The molecule has 1 aromatic carbocycles. The first-order valence-electron chi connectivity index (χ1n) is 8.15. The fourth-order valence-corrected chi connectivity index (χ4v) is 2.48. The maximum Gasteiger partial charge on any atom is 0.254 e. The first kappa shape index (κ1) is 18.5. The summed E-state index contributed by atoms with van der Waals surface area (Å²) >= 11 is 6.01. The summed E-state index contributed by atoms with van der Waals surface area (Å²) < 4.78 is 7.21. The van der Waals surface area contributed by atoms with Crippen LogP contribution in [0.4, 0.5) is 0 Å². The summed E-state index contributed by atoms with van der Waals surface area (Å²) in [6.07, 6.45) is 2.38. The molecule has 0 fully saturated rings. The number of benzene rings is 1. The van der Waals surface area contributed by atoms with Crippen LogP contribution in [0.2, 0.25) is 5.02 Å². The second-order valence-corrected chi connectivity index (χ2v) is 6.55. The summed E-state index contributed by atoms with van der Waals surface area (Å²) in [6.45, 7) is 8.08. The predicted octanol–water partition coefficient (Wildman–Crippen LogP) is 3.63. The standard InChI is InChI=1S/C18H24ClN3O2/c1-13(2)12-24-9-5-8-20-18(23)17-11-21-22(14(17)3)16-7-4-6-15(19)10-16/h4,6-7,10-11,13H,5,8-9,12H2,1-3H3,(H,20,23). The fraction of sp³-hybridized carbons (Fsp3) is 0.444. The van der Waals surface area contributed by atoms with Crippen LogP contribution < -0.4 is 5.32 Å². The molecule has 0 unspecified atom stereocenters. The molecule has 0 saturated heterocycles. The average Bonchev–Trinajstić information content (AvgIpc) is 2.92. The summed E-state index contributed by atoms with van der Waals surface area (Å²) in [6, 6.07) is 7.38. The number of hydrogen-bond acceptors (Lipinski definition) is 3. The van der Waals surface area contributed by atoms with Gasteiger partial charge >= 0.3 is 0 Å². The van der Waals surface area contributed by atoms with Crippen LogP contribution in [0, 0.1) is 12.8 Å². The Morgan fingerprint density at radius 1 is 1.42 bits per heavy atom. The smallest absolute Gasteiger partial charge is 0.254 e. The summed E-state index contributed by atoms with van der Waals surface area (Å²) in [5.74, 6) is 0.407. The minimum Gasteiger partial charge on any atom is -0.381 e. The molecule has 1 heterocycles. The Kier molecular flexibility index (Phi) is 6.82. The zero-order valence-electron chi connectivity index (χ0n) is 14.4. The molecule has 0 radical (unpaired) electrons. The van der Waals surface area contributed by atoms with E-state index in [0.29, 0.717) is 29.7 Å². The largest absolute Gasteiger partial charge is 0.381 e. The molecule has 0 aliphatic heterocycles. The molecule has 2 aromatic rings. The Hall–Kier alpha value is -1.85. The Bertz CT molecular complexity index is 683. The van der Waals surface area contributed by atoms with Crippen molar-refractivity contribution in [3.63, 3.8) is 0 Å². The molecule has 0 aliphatic rings. The Balaban J connectivity index is 1.89. The van der Waals surface area contributed by atoms with E-state index in [2.05, 4.69) is 24.3 Å². The number of aromatic nitrogens is 2. The Morgan fingerprint density at radius 3 is 2.92 bits per heavy atom.